The summed E-state index contributed by atoms with van der Waals surface area (Å²) < 4.78 is 5.44. The van der Waals surface area contributed by atoms with Crippen LogP contribution in [0.1, 0.15) is 18.9 Å². The zero-order chi connectivity index (χ0) is 13.8. The van der Waals surface area contributed by atoms with Gasteiger partial charge in [0.2, 0.25) is 5.91 Å². The fourth-order valence-electron chi connectivity index (χ4n) is 2.16. The Balaban J connectivity index is 2.18. The SMILES string of the molecule is C=CCOc1ccc(C2=CCC(C)C(=O)N2C)cc1. The molecule has 1 unspecified atom stereocenters. The van der Waals surface area contributed by atoms with Crippen LogP contribution >= 0.6 is 0 Å². The number of rotatable bonds is 4. The van der Waals surface area contributed by atoms with Gasteiger partial charge in [-0.05, 0) is 36.2 Å². The van der Waals surface area contributed by atoms with Crippen molar-refractivity contribution in [3.05, 3.63) is 48.6 Å². The van der Waals surface area contributed by atoms with E-state index >= 15 is 0 Å². The lowest BCUT2D eigenvalue weighted by atomic mass is 9.98. The highest BCUT2D eigenvalue weighted by Crippen LogP contribution is 2.28. The Morgan fingerprint density at radius 1 is 1.42 bits per heavy atom. The van der Waals surface area contributed by atoms with Crippen molar-refractivity contribution in [3.63, 3.8) is 0 Å². The summed E-state index contributed by atoms with van der Waals surface area (Å²) in [7, 11) is 1.83. The van der Waals surface area contributed by atoms with E-state index in [0.717, 1.165) is 23.4 Å². The Labute approximate surface area is 114 Å². The van der Waals surface area contributed by atoms with E-state index in [1.165, 1.54) is 0 Å². The first-order valence-corrected chi connectivity index (χ1v) is 6.45. The fraction of sp³-hybridized carbons (Fsp3) is 0.312. The molecule has 0 saturated heterocycles. The van der Waals surface area contributed by atoms with Gasteiger partial charge in [0.1, 0.15) is 12.4 Å². The maximum atomic E-state index is 12.0. The van der Waals surface area contributed by atoms with Crippen LogP contribution in [0.25, 0.3) is 5.70 Å². The van der Waals surface area contributed by atoms with Crippen LogP contribution in [-0.2, 0) is 4.79 Å². The molecule has 0 aromatic heterocycles. The van der Waals surface area contributed by atoms with Crippen LogP contribution < -0.4 is 4.74 Å². The topological polar surface area (TPSA) is 29.5 Å². The average Bonchev–Trinajstić information content (AvgIpc) is 2.44. The van der Waals surface area contributed by atoms with E-state index in [4.69, 9.17) is 4.74 Å². The predicted octanol–water partition coefficient (Wildman–Crippen LogP) is 3.09. The molecule has 1 heterocycles. The van der Waals surface area contributed by atoms with Crippen LogP contribution in [0.5, 0.6) is 5.75 Å². The molecule has 1 aliphatic heterocycles. The first kappa shape index (κ1) is 13.4. The molecule has 1 aliphatic rings. The number of ether oxygens (including phenoxy) is 1. The summed E-state index contributed by atoms with van der Waals surface area (Å²) in [6.45, 7) is 6.07. The highest BCUT2D eigenvalue weighted by atomic mass is 16.5. The van der Waals surface area contributed by atoms with Crippen LogP contribution in [0.15, 0.2) is 43.0 Å². The van der Waals surface area contributed by atoms with Gasteiger partial charge >= 0.3 is 0 Å². The van der Waals surface area contributed by atoms with Crippen molar-refractivity contribution in [3.8, 4) is 5.75 Å². The number of nitrogens with zero attached hydrogens (tertiary/aromatic N) is 1. The number of hydrogen-bond donors (Lipinski definition) is 0. The van der Waals surface area contributed by atoms with Crippen molar-refractivity contribution >= 4 is 11.6 Å². The molecule has 0 spiro atoms. The number of amides is 1. The maximum Gasteiger partial charge on any atom is 0.229 e. The van der Waals surface area contributed by atoms with Gasteiger partial charge in [-0.3, -0.25) is 4.79 Å². The van der Waals surface area contributed by atoms with Crippen molar-refractivity contribution in [2.75, 3.05) is 13.7 Å². The van der Waals surface area contributed by atoms with Crippen LogP contribution in [0.4, 0.5) is 0 Å². The molecule has 3 nitrogen and oxygen atoms in total. The molecule has 1 aromatic rings. The zero-order valence-corrected chi connectivity index (χ0v) is 11.4. The number of hydrogen-bond acceptors (Lipinski definition) is 2. The summed E-state index contributed by atoms with van der Waals surface area (Å²) >= 11 is 0. The highest BCUT2D eigenvalue weighted by Gasteiger charge is 2.24. The van der Waals surface area contributed by atoms with Gasteiger partial charge in [-0.15, -0.1) is 0 Å². The summed E-state index contributed by atoms with van der Waals surface area (Å²) in [5, 5.41) is 0. The summed E-state index contributed by atoms with van der Waals surface area (Å²) in [6.07, 6.45) is 4.63. The highest BCUT2D eigenvalue weighted by molar-refractivity contribution is 5.90. The van der Waals surface area contributed by atoms with Gasteiger partial charge < -0.3 is 9.64 Å². The van der Waals surface area contributed by atoms with Gasteiger partial charge in [0, 0.05) is 18.7 Å². The standard InChI is InChI=1S/C16H19NO2/c1-4-11-19-14-8-6-13(7-9-14)15-10-5-12(2)16(18)17(15)3/h4,6-10,12H,1,5,11H2,2-3H3. The maximum absolute atomic E-state index is 12.0. The third-order valence-corrected chi connectivity index (χ3v) is 3.30. The van der Waals surface area contributed by atoms with Crippen LogP contribution in [0.2, 0.25) is 0 Å². The van der Waals surface area contributed by atoms with Gasteiger partial charge in [-0.1, -0.05) is 25.7 Å². The van der Waals surface area contributed by atoms with E-state index in [1.807, 2.05) is 38.2 Å². The molecular formula is C16H19NO2. The lowest BCUT2D eigenvalue weighted by Gasteiger charge is -2.28. The number of benzene rings is 1. The second kappa shape index (κ2) is 5.74. The fourth-order valence-corrected chi connectivity index (χ4v) is 2.16. The second-order valence-corrected chi connectivity index (χ2v) is 4.75. The van der Waals surface area contributed by atoms with Crippen molar-refractivity contribution in [2.24, 2.45) is 5.92 Å². The summed E-state index contributed by atoms with van der Waals surface area (Å²) in [4.78, 5) is 13.7. The largest absolute Gasteiger partial charge is 0.490 e. The van der Waals surface area contributed by atoms with Crippen LogP contribution in [0, 0.1) is 5.92 Å². The quantitative estimate of drug-likeness (QED) is 0.776. The Morgan fingerprint density at radius 3 is 2.74 bits per heavy atom. The molecule has 0 fully saturated rings. The molecule has 100 valence electrons. The van der Waals surface area contributed by atoms with Crippen molar-refractivity contribution in [1.82, 2.24) is 4.90 Å². The van der Waals surface area contributed by atoms with Crippen molar-refractivity contribution in [2.45, 2.75) is 13.3 Å². The average molecular weight is 257 g/mol. The molecule has 0 aliphatic carbocycles. The van der Waals surface area contributed by atoms with Crippen molar-refractivity contribution in [1.29, 1.82) is 0 Å². The molecule has 1 aromatic carbocycles. The van der Waals surface area contributed by atoms with Gasteiger partial charge in [0.05, 0.1) is 0 Å². The molecule has 19 heavy (non-hydrogen) atoms. The molecule has 0 bridgehead atoms. The van der Waals surface area contributed by atoms with Crippen molar-refractivity contribution < 1.29 is 9.53 Å². The number of carbonyl (C=O) groups excluding carboxylic acids is 1. The predicted molar refractivity (Wildman–Crippen MR) is 76.7 cm³/mol. The Morgan fingerprint density at radius 2 is 2.11 bits per heavy atom. The van der Waals surface area contributed by atoms with E-state index < -0.39 is 0 Å². The summed E-state index contributed by atoms with van der Waals surface area (Å²) in [5.41, 5.74) is 2.01. The molecular weight excluding hydrogens is 238 g/mol. The van der Waals surface area contributed by atoms with Crippen LogP contribution in [-0.4, -0.2) is 24.5 Å². The van der Waals surface area contributed by atoms with Gasteiger partial charge in [0.25, 0.3) is 0 Å². The minimum Gasteiger partial charge on any atom is -0.490 e. The molecule has 0 N–H and O–H groups in total. The Hall–Kier alpha value is -2.03. The van der Waals surface area contributed by atoms with E-state index in [9.17, 15) is 4.79 Å². The van der Waals surface area contributed by atoms with E-state index in [2.05, 4.69) is 12.7 Å². The lowest BCUT2D eigenvalue weighted by Crippen LogP contribution is -2.33. The molecule has 1 amide bonds. The third kappa shape index (κ3) is 2.87. The minimum atomic E-state index is 0.0731. The molecule has 3 heteroatoms. The van der Waals surface area contributed by atoms with Gasteiger partial charge in [-0.2, -0.15) is 0 Å². The lowest BCUT2D eigenvalue weighted by molar-refractivity contribution is -0.131. The third-order valence-electron chi connectivity index (χ3n) is 3.30. The summed E-state index contributed by atoms with van der Waals surface area (Å²) in [5.74, 6) is 1.05. The number of allylic oxidation sites excluding steroid dienone is 1. The van der Waals surface area contributed by atoms with E-state index in [0.29, 0.717) is 6.61 Å². The molecule has 0 radical (unpaired) electrons. The summed E-state index contributed by atoms with van der Waals surface area (Å²) in [6, 6.07) is 7.78. The Bertz CT molecular complexity index is 502. The van der Waals surface area contributed by atoms with Gasteiger partial charge in [0.15, 0.2) is 0 Å². The second-order valence-electron chi connectivity index (χ2n) is 4.75. The first-order chi connectivity index (χ1) is 9.13. The van der Waals surface area contributed by atoms with Gasteiger partial charge in [-0.25, -0.2) is 0 Å². The molecule has 1 atom stereocenters. The van der Waals surface area contributed by atoms with E-state index in [-0.39, 0.29) is 11.8 Å². The van der Waals surface area contributed by atoms with Crippen LogP contribution in [0.3, 0.4) is 0 Å². The minimum absolute atomic E-state index is 0.0731. The first-order valence-electron chi connectivity index (χ1n) is 6.45. The smallest absolute Gasteiger partial charge is 0.229 e. The molecule has 0 saturated carbocycles. The van der Waals surface area contributed by atoms with E-state index in [1.54, 1.807) is 11.0 Å². The zero-order valence-electron chi connectivity index (χ0n) is 11.4. The number of carbonyl (C=O) groups is 1. The molecule has 2 rings (SSSR count). The Kier molecular flexibility index (Phi) is 4.05. The normalized spacial score (nSPS) is 19.1. The monoisotopic (exact) mass is 257 g/mol.